The maximum absolute atomic E-state index is 14.6. The number of hydrogen-bond donors (Lipinski definition) is 1. The first-order valence-corrected chi connectivity index (χ1v) is 11.9. The van der Waals surface area contributed by atoms with E-state index in [2.05, 4.69) is 10.4 Å². The minimum atomic E-state index is -0.672. The van der Waals surface area contributed by atoms with Crippen molar-refractivity contribution in [3.63, 3.8) is 0 Å². The lowest BCUT2D eigenvalue weighted by Gasteiger charge is -2.35. The molecule has 0 unspecified atom stereocenters. The third-order valence-corrected chi connectivity index (χ3v) is 6.82. The van der Waals surface area contributed by atoms with Crippen molar-refractivity contribution < 1.29 is 23.0 Å². The average Bonchev–Trinajstić information content (AvgIpc) is 3.36. The zero-order valence-electron chi connectivity index (χ0n) is 19.8. The number of fused-ring (bicyclic) bond motifs is 1. The average molecular weight is 483 g/mol. The molecule has 5 rings (SSSR count). The quantitative estimate of drug-likeness (QED) is 0.535. The Morgan fingerprint density at radius 1 is 1.14 bits per heavy atom. The first kappa shape index (κ1) is 23.3. The Morgan fingerprint density at radius 3 is 2.71 bits per heavy atom. The molecule has 2 aliphatic rings. The van der Waals surface area contributed by atoms with Crippen LogP contribution in [0.5, 0.6) is 11.5 Å². The number of amides is 1. The Labute approximate surface area is 202 Å². The molecule has 1 saturated heterocycles. The van der Waals surface area contributed by atoms with Gasteiger partial charge in [0.05, 0.1) is 25.0 Å². The number of carbonyl (C=O) groups excluding carboxylic acids is 1. The summed E-state index contributed by atoms with van der Waals surface area (Å²) < 4.78 is 41.6. The molecule has 7 nitrogen and oxygen atoms in total. The van der Waals surface area contributed by atoms with Crippen LogP contribution in [0.15, 0.2) is 42.7 Å². The summed E-state index contributed by atoms with van der Waals surface area (Å²) >= 11 is 0. The Hall–Kier alpha value is -3.46. The number of rotatable bonds is 4. The molecular weight excluding hydrogens is 454 g/mol. The summed E-state index contributed by atoms with van der Waals surface area (Å²) in [6.07, 6.45) is 6.49. The SMILES string of the molecule is COC(=O)N1c2ccc(-c3cnn(C4CCNCC4)c3)c(Oc3cc(F)ccc3F)c2CC[C@@H]1C. The lowest BCUT2D eigenvalue weighted by atomic mass is 9.92. The normalized spacial score (nSPS) is 18.3. The fourth-order valence-electron chi connectivity index (χ4n) is 4.94. The fraction of sp³-hybridized carbons (Fsp3) is 0.385. The van der Waals surface area contributed by atoms with Crippen molar-refractivity contribution in [1.29, 1.82) is 0 Å². The Bertz CT molecular complexity index is 1240. The zero-order valence-corrected chi connectivity index (χ0v) is 19.8. The minimum Gasteiger partial charge on any atom is -0.453 e. The van der Waals surface area contributed by atoms with Gasteiger partial charge in [-0.25, -0.2) is 13.6 Å². The van der Waals surface area contributed by atoms with Crippen molar-refractivity contribution in [2.24, 2.45) is 0 Å². The number of aromatic nitrogens is 2. The molecule has 0 aliphatic carbocycles. The van der Waals surface area contributed by atoms with E-state index in [-0.39, 0.29) is 11.8 Å². The van der Waals surface area contributed by atoms with Crippen LogP contribution in [-0.4, -0.2) is 42.1 Å². The molecule has 0 radical (unpaired) electrons. The summed E-state index contributed by atoms with van der Waals surface area (Å²) in [4.78, 5) is 14.2. The topological polar surface area (TPSA) is 68.6 Å². The van der Waals surface area contributed by atoms with E-state index in [4.69, 9.17) is 9.47 Å². The first-order chi connectivity index (χ1) is 17.0. The number of benzene rings is 2. The molecule has 0 spiro atoms. The van der Waals surface area contributed by atoms with Gasteiger partial charge in [-0.3, -0.25) is 9.58 Å². The van der Waals surface area contributed by atoms with Gasteiger partial charge in [0.25, 0.3) is 0 Å². The van der Waals surface area contributed by atoms with E-state index in [1.807, 2.05) is 29.9 Å². The Balaban J connectivity index is 1.62. The molecule has 1 amide bonds. The number of piperidine rings is 1. The second-order valence-electron chi connectivity index (χ2n) is 9.03. The highest BCUT2D eigenvalue weighted by Gasteiger charge is 2.33. The van der Waals surface area contributed by atoms with Gasteiger partial charge >= 0.3 is 6.09 Å². The number of carbonyl (C=O) groups is 1. The summed E-state index contributed by atoms with van der Waals surface area (Å²) in [7, 11) is 1.34. The van der Waals surface area contributed by atoms with E-state index in [9.17, 15) is 13.6 Å². The van der Waals surface area contributed by atoms with Crippen LogP contribution < -0.4 is 15.0 Å². The van der Waals surface area contributed by atoms with E-state index in [1.165, 1.54) is 7.11 Å². The third-order valence-electron chi connectivity index (χ3n) is 6.82. The molecule has 1 atom stereocenters. The molecule has 0 bridgehead atoms. The van der Waals surface area contributed by atoms with Crippen LogP contribution in [0.3, 0.4) is 0 Å². The van der Waals surface area contributed by atoms with Gasteiger partial charge in [0, 0.05) is 35.0 Å². The van der Waals surface area contributed by atoms with E-state index in [0.717, 1.165) is 55.3 Å². The van der Waals surface area contributed by atoms with Crippen LogP contribution in [0.2, 0.25) is 0 Å². The molecule has 1 N–H and O–H groups in total. The number of ether oxygens (including phenoxy) is 2. The van der Waals surface area contributed by atoms with Gasteiger partial charge in [0.2, 0.25) is 0 Å². The Morgan fingerprint density at radius 2 is 1.94 bits per heavy atom. The van der Waals surface area contributed by atoms with Gasteiger partial charge < -0.3 is 14.8 Å². The van der Waals surface area contributed by atoms with Crippen LogP contribution in [-0.2, 0) is 11.2 Å². The molecule has 2 aromatic carbocycles. The maximum Gasteiger partial charge on any atom is 0.414 e. The highest BCUT2D eigenvalue weighted by Crippen LogP contribution is 2.45. The number of nitrogens with one attached hydrogen (secondary N) is 1. The molecule has 9 heteroatoms. The van der Waals surface area contributed by atoms with Crippen LogP contribution in [0.25, 0.3) is 11.1 Å². The first-order valence-electron chi connectivity index (χ1n) is 11.9. The van der Waals surface area contributed by atoms with Gasteiger partial charge in [0.1, 0.15) is 11.6 Å². The molecule has 1 aromatic heterocycles. The van der Waals surface area contributed by atoms with Crippen LogP contribution >= 0.6 is 0 Å². The number of hydrogen-bond acceptors (Lipinski definition) is 5. The lowest BCUT2D eigenvalue weighted by molar-refractivity contribution is 0.175. The molecule has 1 fully saturated rings. The Kier molecular flexibility index (Phi) is 6.42. The van der Waals surface area contributed by atoms with Gasteiger partial charge in [-0.15, -0.1) is 0 Å². The largest absolute Gasteiger partial charge is 0.453 e. The fourth-order valence-corrected chi connectivity index (χ4v) is 4.94. The molecule has 3 heterocycles. The number of anilines is 1. The maximum atomic E-state index is 14.6. The zero-order chi connectivity index (χ0) is 24.5. The van der Waals surface area contributed by atoms with Crippen molar-refractivity contribution in [2.45, 2.75) is 44.7 Å². The van der Waals surface area contributed by atoms with Crippen molar-refractivity contribution in [2.75, 3.05) is 25.1 Å². The summed E-state index contributed by atoms with van der Waals surface area (Å²) in [5.74, 6) is -1.10. The van der Waals surface area contributed by atoms with E-state index >= 15 is 0 Å². The van der Waals surface area contributed by atoms with E-state index < -0.39 is 17.7 Å². The molecule has 2 aliphatic heterocycles. The van der Waals surface area contributed by atoms with Gasteiger partial charge in [-0.05, 0) is 70.0 Å². The molecule has 35 heavy (non-hydrogen) atoms. The van der Waals surface area contributed by atoms with Crippen LogP contribution in [0.4, 0.5) is 19.3 Å². The number of nitrogens with zero attached hydrogens (tertiary/aromatic N) is 3. The highest BCUT2D eigenvalue weighted by atomic mass is 19.1. The molecule has 184 valence electrons. The van der Waals surface area contributed by atoms with Gasteiger partial charge in [-0.2, -0.15) is 5.10 Å². The predicted molar refractivity (Wildman–Crippen MR) is 128 cm³/mol. The van der Waals surface area contributed by atoms with Gasteiger partial charge in [-0.1, -0.05) is 0 Å². The molecule has 0 saturated carbocycles. The highest BCUT2D eigenvalue weighted by molar-refractivity contribution is 5.92. The monoisotopic (exact) mass is 482 g/mol. The summed E-state index contributed by atoms with van der Waals surface area (Å²) in [6, 6.07) is 7.02. The minimum absolute atomic E-state index is 0.0813. The second-order valence-corrected chi connectivity index (χ2v) is 9.03. The predicted octanol–water partition coefficient (Wildman–Crippen LogP) is 5.45. The number of halogens is 2. The second kappa shape index (κ2) is 9.65. The summed E-state index contributed by atoms with van der Waals surface area (Å²) in [6.45, 7) is 3.82. The summed E-state index contributed by atoms with van der Waals surface area (Å²) in [5.41, 5.74) is 2.88. The smallest absolute Gasteiger partial charge is 0.414 e. The van der Waals surface area contributed by atoms with Crippen LogP contribution in [0.1, 0.15) is 37.8 Å². The lowest BCUT2D eigenvalue weighted by Crippen LogP contribution is -2.42. The van der Waals surface area contributed by atoms with Crippen molar-refractivity contribution in [3.05, 3.63) is 59.9 Å². The van der Waals surface area contributed by atoms with Crippen LogP contribution in [0, 0.1) is 11.6 Å². The molecule has 3 aromatic rings. The third kappa shape index (κ3) is 4.48. The van der Waals surface area contributed by atoms with E-state index in [1.54, 1.807) is 11.1 Å². The molecular formula is C26H28F2N4O3. The standard InChI is InChI=1S/C26H28F2N4O3/c1-16-3-5-21-23(32(16)26(33)34-2)8-6-20(25(21)35-24-13-18(27)4-7-22(24)28)17-14-30-31(15-17)19-9-11-29-12-10-19/h4,6-8,13-16,19,29H,3,5,9-12H2,1-2H3/t16-/m0/s1. The van der Waals surface area contributed by atoms with E-state index in [0.29, 0.717) is 35.9 Å². The van der Waals surface area contributed by atoms with Crippen molar-refractivity contribution in [3.8, 4) is 22.6 Å². The van der Waals surface area contributed by atoms with Crippen molar-refractivity contribution >= 4 is 11.8 Å². The summed E-state index contributed by atoms with van der Waals surface area (Å²) in [5, 5.41) is 7.95. The van der Waals surface area contributed by atoms with Crippen molar-refractivity contribution in [1.82, 2.24) is 15.1 Å². The van der Waals surface area contributed by atoms with Gasteiger partial charge in [0.15, 0.2) is 11.6 Å². The number of methoxy groups -OCH3 is 1.